The van der Waals surface area contributed by atoms with Gasteiger partial charge in [-0.25, -0.2) is 4.98 Å². The summed E-state index contributed by atoms with van der Waals surface area (Å²) in [6, 6.07) is 4.19. The summed E-state index contributed by atoms with van der Waals surface area (Å²) < 4.78 is 5.00. The highest BCUT2D eigenvalue weighted by molar-refractivity contribution is 5.76. The van der Waals surface area contributed by atoms with Crippen molar-refractivity contribution in [1.82, 2.24) is 15.6 Å². The number of pyridine rings is 1. The van der Waals surface area contributed by atoms with Crippen LogP contribution in [0.1, 0.15) is 18.4 Å². The normalized spacial score (nSPS) is 19.8. The highest BCUT2D eigenvalue weighted by Gasteiger charge is 2.16. The third-order valence-electron chi connectivity index (χ3n) is 2.87. The van der Waals surface area contributed by atoms with Gasteiger partial charge in [0.25, 0.3) is 0 Å². The number of piperidine rings is 1. The minimum atomic E-state index is 0.147. The summed E-state index contributed by atoms with van der Waals surface area (Å²) in [5.74, 6) is 0.771. The fraction of sp³-hybridized carbons (Fsp3) is 0.500. The number of ether oxygens (including phenoxy) is 1. The third kappa shape index (κ3) is 3.42. The number of aromatic nitrogens is 1. The Bertz CT molecular complexity index is 368. The van der Waals surface area contributed by atoms with Crippen molar-refractivity contribution < 1.29 is 9.53 Å². The summed E-state index contributed by atoms with van der Waals surface area (Å²) in [7, 11) is 1.60. The van der Waals surface area contributed by atoms with Gasteiger partial charge in [-0.2, -0.15) is 0 Å². The second-order valence-corrected chi connectivity index (χ2v) is 4.13. The van der Waals surface area contributed by atoms with Crippen LogP contribution in [0, 0.1) is 0 Å². The Morgan fingerprint density at radius 2 is 2.47 bits per heavy atom. The SMILES string of the molecule is COc1ccc(CNC2CCC(=O)NC2)cn1. The van der Waals surface area contributed by atoms with Crippen LogP contribution in [0.2, 0.25) is 0 Å². The van der Waals surface area contributed by atoms with Gasteiger partial charge in [-0.1, -0.05) is 6.07 Å². The predicted molar refractivity (Wildman–Crippen MR) is 63.7 cm³/mol. The van der Waals surface area contributed by atoms with Crippen molar-refractivity contribution in [3.63, 3.8) is 0 Å². The molecule has 2 rings (SSSR count). The molecule has 0 radical (unpaired) electrons. The van der Waals surface area contributed by atoms with Crippen molar-refractivity contribution in [2.45, 2.75) is 25.4 Å². The first-order chi connectivity index (χ1) is 8.28. The second-order valence-electron chi connectivity index (χ2n) is 4.13. The largest absolute Gasteiger partial charge is 0.481 e. The Labute approximate surface area is 101 Å². The number of rotatable bonds is 4. The quantitative estimate of drug-likeness (QED) is 0.795. The number of carbonyl (C=O) groups excluding carboxylic acids is 1. The predicted octanol–water partition coefficient (Wildman–Crippen LogP) is 0.458. The fourth-order valence-corrected chi connectivity index (χ4v) is 1.81. The fourth-order valence-electron chi connectivity index (χ4n) is 1.81. The molecule has 0 aliphatic carbocycles. The summed E-state index contributed by atoms with van der Waals surface area (Å²) in [4.78, 5) is 15.1. The van der Waals surface area contributed by atoms with Gasteiger partial charge in [0.05, 0.1) is 7.11 Å². The molecule has 1 aliphatic rings. The number of hydrogen-bond donors (Lipinski definition) is 2. The van der Waals surface area contributed by atoms with E-state index in [4.69, 9.17) is 4.74 Å². The summed E-state index contributed by atoms with van der Waals surface area (Å²) >= 11 is 0. The molecule has 2 N–H and O–H groups in total. The Morgan fingerprint density at radius 3 is 3.06 bits per heavy atom. The van der Waals surface area contributed by atoms with Crippen LogP contribution in [0.4, 0.5) is 0 Å². The molecule has 17 heavy (non-hydrogen) atoms. The van der Waals surface area contributed by atoms with E-state index >= 15 is 0 Å². The lowest BCUT2D eigenvalue weighted by Gasteiger charge is -2.23. The molecule has 1 atom stereocenters. The molecule has 1 unspecified atom stereocenters. The van der Waals surface area contributed by atoms with Crippen LogP contribution in [-0.2, 0) is 11.3 Å². The van der Waals surface area contributed by atoms with E-state index in [-0.39, 0.29) is 5.91 Å². The smallest absolute Gasteiger partial charge is 0.220 e. The molecule has 5 heteroatoms. The van der Waals surface area contributed by atoms with Crippen molar-refractivity contribution in [1.29, 1.82) is 0 Å². The van der Waals surface area contributed by atoms with E-state index in [1.165, 1.54) is 0 Å². The van der Waals surface area contributed by atoms with E-state index in [0.29, 0.717) is 24.9 Å². The van der Waals surface area contributed by atoms with Crippen molar-refractivity contribution in [3.05, 3.63) is 23.9 Å². The lowest BCUT2D eigenvalue weighted by Crippen LogP contribution is -2.45. The highest BCUT2D eigenvalue weighted by Crippen LogP contribution is 2.08. The average molecular weight is 235 g/mol. The van der Waals surface area contributed by atoms with Gasteiger partial charge in [-0.3, -0.25) is 4.79 Å². The van der Waals surface area contributed by atoms with Crippen LogP contribution in [0.3, 0.4) is 0 Å². The van der Waals surface area contributed by atoms with Gasteiger partial charge in [-0.05, 0) is 12.0 Å². The number of nitrogens with one attached hydrogen (secondary N) is 2. The van der Waals surface area contributed by atoms with Crippen LogP contribution in [-0.4, -0.2) is 30.6 Å². The maximum Gasteiger partial charge on any atom is 0.220 e. The van der Waals surface area contributed by atoms with Crippen molar-refractivity contribution in [3.8, 4) is 5.88 Å². The van der Waals surface area contributed by atoms with Gasteiger partial charge >= 0.3 is 0 Å². The minimum absolute atomic E-state index is 0.147. The monoisotopic (exact) mass is 235 g/mol. The molecule has 1 aliphatic heterocycles. The van der Waals surface area contributed by atoms with E-state index in [2.05, 4.69) is 15.6 Å². The maximum absolute atomic E-state index is 11.0. The van der Waals surface area contributed by atoms with Crippen molar-refractivity contribution in [2.75, 3.05) is 13.7 Å². The second kappa shape index (κ2) is 5.63. The van der Waals surface area contributed by atoms with Crippen LogP contribution in [0.5, 0.6) is 5.88 Å². The van der Waals surface area contributed by atoms with Crippen LogP contribution in [0.15, 0.2) is 18.3 Å². The third-order valence-corrected chi connectivity index (χ3v) is 2.87. The topological polar surface area (TPSA) is 63.2 Å². The molecule has 0 spiro atoms. The van der Waals surface area contributed by atoms with Crippen molar-refractivity contribution in [2.24, 2.45) is 0 Å². The lowest BCUT2D eigenvalue weighted by atomic mass is 10.1. The lowest BCUT2D eigenvalue weighted by molar-refractivity contribution is -0.122. The van der Waals surface area contributed by atoms with Gasteiger partial charge in [0.15, 0.2) is 0 Å². The van der Waals surface area contributed by atoms with Crippen LogP contribution < -0.4 is 15.4 Å². The molecule has 0 aromatic carbocycles. The first-order valence-corrected chi connectivity index (χ1v) is 5.77. The number of methoxy groups -OCH3 is 1. The van der Waals surface area contributed by atoms with E-state index < -0.39 is 0 Å². The number of nitrogens with zero attached hydrogens (tertiary/aromatic N) is 1. The van der Waals surface area contributed by atoms with E-state index in [0.717, 1.165) is 18.5 Å². The standard InChI is InChI=1S/C12H17N3O2/c1-17-12-5-2-9(7-15-12)6-13-10-3-4-11(16)14-8-10/h2,5,7,10,13H,3-4,6,8H2,1H3,(H,14,16). The molecule has 2 heterocycles. The summed E-state index contributed by atoms with van der Waals surface area (Å²) in [5.41, 5.74) is 1.11. The Hall–Kier alpha value is -1.62. The molecule has 1 fully saturated rings. The highest BCUT2D eigenvalue weighted by atomic mass is 16.5. The molecule has 1 saturated heterocycles. The Morgan fingerprint density at radius 1 is 1.59 bits per heavy atom. The Kier molecular flexibility index (Phi) is 3.93. The Balaban J connectivity index is 1.79. The molecule has 0 saturated carbocycles. The summed E-state index contributed by atoms with van der Waals surface area (Å²) in [5, 5.41) is 6.25. The number of amides is 1. The first kappa shape index (κ1) is 11.9. The summed E-state index contributed by atoms with van der Waals surface area (Å²) in [6.07, 6.45) is 3.31. The van der Waals surface area contributed by atoms with Gasteiger partial charge < -0.3 is 15.4 Å². The molecule has 1 aromatic rings. The molecule has 1 aromatic heterocycles. The number of hydrogen-bond acceptors (Lipinski definition) is 4. The molecule has 0 bridgehead atoms. The van der Waals surface area contributed by atoms with E-state index in [9.17, 15) is 4.79 Å². The van der Waals surface area contributed by atoms with E-state index in [1.807, 2.05) is 12.1 Å². The molecule has 1 amide bonds. The van der Waals surface area contributed by atoms with Gasteiger partial charge in [0.1, 0.15) is 0 Å². The molecule has 5 nitrogen and oxygen atoms in total. The van der Waals surface area contributed by atoms with E-state index in [1.54, 1.807) is 13.3 Å². The minimum Gasteiger partial charge on any atom is -0.481 e. The van der Waals surface area contributed by atoms with Gasteiger partial charge in [0.2, 0.25) is 11.8 Å². The zero-order valence-electron chi connectivity index (χ0n) is 9.90. The van der Waals surface area contributed by atoms with Crippen LogP contribution in [0.25, 0.3) is 0 Å². The summed E-state index contributed by atoms with van der Waals surface area (Å²) in [6.45, 7) is 1.47. The first-order valence-electron chi connectivity index (χ1n) is 5.77. The maximum atomic E-state index is 11.0. The van der Waals surface area contributed by atoms with Crippen molar-refractivity contribution >= 4 is 5.91 Å². The molecular weight excluding hydrogens is 218 g/mol. The number of carbonyl (C=O) groups is 1. The van der Waals surface area contributed by atoms with Gasteiger partial charge in [0, 0.05) is 37.8 Å². The molecular formula is C12H17N3O2. The average Bonchev–Trinajstić information content (AvgIpc) is 2.39. The molecule has 92 valence electrons. The zero-order valence-corrected chi connectivity index (χ0v) is 9.90. The van der Waals surface area contributed by atoms with Crippen LogP contribution >= 0.6 is 0 Å². The van der Waals surface area contributed by atoms with Gasteiger partial charge in [-0.15, -0.1) is 0 Å². The zero-order chi connectivity index (χ0) is 12.1.